The van der Waals surface area contributed by atoms with Crippen LogP contribution in [0.2, 0.25) is 0 Å². The number of H-pyrrole nitrogens is 1. The van der Waals surface area contributed by atoms with Gasteiger partial charge in [-0.3, -0.25) is 4.79 Å². The van der Waals surface area contributed by atoms with Crippen molar-refractivity contribution >= 4 is 34.5 Å². The molecule has 0 aliphatic carbocycles. The summed E-state index contributed by atoms with van der Waals surface area (Å²) in [5.41, 5.74) is -0.131. The first-order valence-corrected chi connectivity index (χ1v) is 8.57. The first-order valence-electron chi connectivity index (χ1n) is 7.58. The second-order valence-corrected chi connectivity index (χ2v) is 6.51. The number of anilines is 1. The van der Waals surface area contributed by atoms with Gasteiger partial charge in [0, 0.05) is 23.3 Å². The fourth-order valence-electron chi connectivity index (χ4n) is 2.47. The lowest BCUT2D eigenvalue weighted by atomic mass is 10.0. The van der Waals surface area contributed by atoms with Gasteiger partial charge in [-0.25, -0.2) is 13.8 Å². The number of ketones is 1. The smallest absolute Gasteiger partial charge is 0.345 e. The number of halogens is 5. The summed E-state index contributed by atoms with van der Waals surface area (Å²) in [4.78, 5) is 19.6. The number of alkyl halides is 3. The van der Waals surface area contributed by atoms with E-state index in [1.54, 1.807) is 19.2 Å². The summed E-state index contributed by atoms with van der Waals surface area (Å²) in [7, 11) is 0. The minimum absolute atomic E-state index is 0.0131. The summed E-state index contributed by atoms with van der Waals surface area (Å²) in [6.07, 6.45) is -1.60. The number of rotatable bonds is 5. The highest BCUT2D eigenvalue weighted by atomic mass is 32.2. The molecule has 2 aromatic heterocycles. The fourth-order valence-corrected chi connectivity index (χ4v) is 3.01. The van der Waals surface area contributed by atoms with Crippen LogP contribution in [0.5, 0.6) is 0 Å². The second kappa shape index (κ2) is 7.18. The third-order valence-corrected chi connectivity index (χ3v) is 4.48. The number of nitrogens with zero attached hydrogens (tertiary/aromatic N) is 1. The zero-order chi connectivity index (χ0) is 19.8. The Kier molecular flexibility index (Phi) is 5.09. The van der Waals surface area contributed by atoms with Crippen molar-refractivity contribution in [1.29, 1.82) is 0 Å². The van der Waals surface area contributed by atoms with Gasteiger partial charge in [0.1, 0.15) is 17.2 Å². The molecule has 2 heterocycles. The highest BCUT2D eigenvalue weighted by Crippen LogP contribution is 2.29. The van der Waals surface area contributed by atoms with Crippen LogP contribution >= 0.6 is 11.9 Å². The maximum absolute atomic E-state index is 14.6. The lowest BCUT2D eigenvalue weighted by Gasteiger charge is -2.11. The number of nitrogens with one attached hydrogen (secondary N) is 2. The third kappa shape index (κ3) is 4.05. The minimum Gasteiger partial charge on any atom is -0.345 e. The van der Waals surface area contributed by atoms with E-state index >= 15 is 0 Å². The highest BCUT2D eigenvalue weighted by Gasteiger charge is 2.28. The Morgan fingerprint density at radius 3 is 2.74 bits per heavy atom. The van der Waals surface area contributed by atoms with Crippen molar-refractivity contribution < 1.29 is 26.7 Å². The molecule has 0 amide bonds. The Labute approximate surface area is 154 Å². The van der Waals surface area contributed by atoms with Gasteiger partial charge in [-0.2, -0.15) is 13.2 Å². The molecule has 0 atom stereocenters. The Balaban J connectivity index is 1.96. The van der Waals surface area contributed by atoms with E-state index in [0.29, 0.717) is 11.0 Å². The van der Waals surface area contributed by atoms with Gasteiger partial charge in [0.15, 0.2) is 5.82 Å². The molecule has 1 aromatic carbocycles. The number of pyridine rings is 1. The summed E-state index contributed by atoms with van der Waals surface area (Å²) < 4.78 is 67.6. The van der Waals surface area contributed by atoms with Crippen LogP contribution in [0.3, 0.4) is 0 Å². The molecule has 0 spiro atoms. The van der Waals surface area contributed by atoms with Crippen LogP contribution in [0.4, 0.5) is 27.6 Å². The molecule has 0 fully saturated rings. The number of carbonyl (C=O) groups is 1. The zero-order valence-electron chi connectivity index (χ0n) is 13.7. The van der Waals surface area contributed by atoms with Crippen molar-refractivity contribution in [3.05, 3.63) is 58.9 Å². The number of aromatic amines is 1. The number of aromatic nitrogens is 2. The van der Waals surface area contributed by atoms with Crippen LogP contribution < -0.4 is 4.72 Å². The van der Waals surface area contributed by atoms with Crippen LogP contribution in [0.1, 0.15) is 21.5 Å². The van der Waals surface area contributed by atoms with Gasteiger partial charge in [-0.05, 0) is 42.6 Å². The quantitative estimate of drug-likeness (QED) is 0.359. The third-order valence-electron chi connectivity index (χ3n) is 3.65. The van der Waals surface area contributed by atoms with Crippen molar-refractivity contribution in [2.75, 3.05) is 10.5 Å². The van der Waals surface area contributed by atoms with Crippen LogP contribution in [-0.2, 0) is 0 Å². The monoisotopic (exact) mass is 401 g/mol. The molecule has 0 radical (unpaired) electrons. The number of hydrogen-bond donors (Lipinski definition) is 2. The predicted octanol–water partition coefficient (Wildman–Crippen LogP) is 5.00. The summed E-state index contributed by atoms with van der Waals surface area (Å²) in [6.45, 7) is 1.75. The number of carbonyl (C=O) groups excluding carboxylic acids is 1. The molecule has 27 heavy (non-hydrogen) atoms. The summed E-state index contributed by atoms with van der Waals surface area (Å²) >= 11 is 0.191. The summed E-state index contributed by atoms with van der Waals surface area (Å²) in [5, 5.41) is 0.392. The Morgan fingerprint density at radius 1 is 1.30 bits per heavy atom. The van der Waals surface area contributed by atoms with Crippen LogP contribution in [0.25, 0.3) is 11.0 Å². The summed E-state index contributed by atoms with van der Waals surface area (Å²) in [6, 6.07) is 3.40. The molecule has 0 bridgehead atoms. The average Bonchev–Trinajstić information content (AvgIpc) is 2.98. The van der Waals surface area contributed by atoms with Gasteiger partial charge in [0.05, 0.1) is 11.3 Å². The lowest BCUT2D eigenvalue weighted by molar-refractivity contribution is -0.105. The Morgan fingerprint density at radius 2 is 2.04 bits per heavy atom. The van der Waals surface area contributed by atoms with Crippen molar-refractivity contribution in [3.63, 3.8) is 0 Å². The number of hydrogen-bond acceptors (Lipinski definition) is 4. The molecule has 142 valence electrons. The maximum atomic E-state index is 14.6. The molecule has 3 aromatic rings. The molecule has 4 nitrogen and oxygen atoms in total. The molecule has 0 saturated heterocycles. The van der Waals surface area contributed by atoms with Gasteiger partial charge in [-0.15, -0.1) is 0 Å². The topological polar surface area (TPSA) is 57.8 Å². The molecule has 0 aliphatic rings. The van der Waals surface area contributed by atoms with Crippen molar-refractivity contribution in [3.8, 4) is 0 Å². The van der Waals surface area contributed by atoms with E-state index in [9.17, 15) is 26.7 Å². The van der Waals surface area contributed by atoms with E-state index in [0.717, 1.165) is 17.7 Å². The normalized spacial score (nSPS) is 11.8. The number of fused-ring (bicyclic) bond motifs is 1. The van der Waals surface area contributed by atoms with E-state index in [1.165, 1.54) is 6.20 Å². The van der Waals surface area contributed by atoms with E-state index in [2.05, 4.69) is 14.7 Å². The zero-order valence-corrected chi connectivity index (χ0v) is 14.6. The van der Waals surface area contributed by atoms with Crippen molar-refractivity contribution in [2.24, 2.45) is 0 Å². The van der Waals surface area contributed by atoms with E-state index in [1.807, 2.05) is 0 Å². The first kappa shape index (κ1) is 19.2. The lowest BCUT2D eigenvalue weighted by Crippen LogP contribution is -2.13. The van der Waals surface area contributed by atoms with Gasteiger partial charge in [0.25, 0.3) is 0 Å². The van der Waals surface area contributed by atoms with Crippen LogP contribution in [0.15, 0.2) is 30.6 Å². The SMILES string of the molecule is Cc1cnc2[nH]cc(C(=O)c3c(F)ccc(NSCC(F)(F)F)c3F)c2c1. The van der Waals surface area contributed by atoms with Gasteiger partial charge >= 0.3 is 6.18 Å². The van der Waals surface area contributed by atoms with Gasteiger partial charge < -0.3 is 9.71 Å². The van der Waals surface area contributed by atoms with Crippen molar-refractivity contribution in [2.45, 2.75) is 13.1 Å². The van der Waals surface area contributed by atoms with E-state index < -0.39 is 40.6 Å². The molecule has 0 aliphatic heterocycles. The Hall–Kier alpha value is -2.62. The molecule has 0 unspecified atom stereocenters. The maximum Gasteiger partial charge on any atom is 0.399 e. The summed E-state index contributed by atoms with van der Waals surface area (Å²) in [5.74, 6) is -4.59. The average molecular weight is 401 g/mol. The second-order valence-electron chi connectivity index (χ2n) is 5.73. The van der Waals surface area contributed by atoms with Crippen LogP contribution in [0, 0.1) is 18.6 Å². The molecule has 10 heteroatoms. The van der Waals surface area contributed by atoms with E-state index in [4.69, 9.17) is 0 Å². The van der Waals surface area contributed by atoms with E-state index in [-0.39, 0.29) is 17.5 Å². The minimum atomic E-state index is -4.46. The number of aryl methyl sites for hydroxylation is 1. The molecule has 2 N–H and O–H groups in total. The fraction of sp³-hybridized carbons (Fsp3) is 0.176. The van der Waals surface area contributed by atoms with Gasteiger partial charge in [0.2, 0.25) is 5.78 Å². The van der Waals surface area contributed by atoms with Gasteiger partial charge in [-0.1, -0.05) is 0 Å². The van der Waals surface area contributed by atoms with Crippen LogP contribution in [-0.4, -0.2) is 27.7 Å². The number of benzene rings is 1. The largest absolute Gasteiger partial charge is 0.399 e. The molecular weight excluding hydrogens is 389 g/mol. The predicted molar refractivity (Wildman–Crippen MR) is 92.8 cm³/mol. The molecular formula is C17H12F5N3OS. The Bertz CT molecular complexity index is 1020. The molecule has 3 rings (SSSR count). The molecule has 0 saturated carbocycles. The first-order chi connectivity index (χ1) is 12.7. The van der Waals surface area contributed by atoms with Crippen molar-refractivity contribution in [1.82, 2.24) is 9.97 Å². The standard InChI is InChI=1S/C17H12F5N3OS/c1-8-4-9-10(6-24-16(9)23-5-8)15(26)13-11(18)2-3-12(14(13)19)25-27-7-17(20,21)22/h2-6,25H,7H2,1H3,(H,23,24). The highest BCUT2D eigenvalue weighted by molar-refractivity contribution is 8.00.